The van der Waals surface area contributed by atoms with Gasteiger partial charge in [0.15, 0.2) is 5.78 Å². The standard InChI is InChI=1S/C15H18FNO2/c1-2-14(18)17-9-3-4-12(10-17)15(19)11-5-7-13(16)8-6-11/h5-8,12H,2-4,9-10H2,1H3. The van der Waals surface area contributed by atoms with Gasteiger partial charge in [-0.2, -0.15) is 0 Å². The Hall–Kier alpha value is -1.71. The third-order valence-electron chi connectivity index (χ3n) is 3.58. The molecule has 1 aliphatic rings. The molecule has 0 saturated carbocycles. The summed E-state index contributed by atoms with van der Waals surface area (Å²) in [6.07, 6.45) is 2.12. The Morgan fingerprint density at radius 3 is 2.63 bits per heavy atom. The lowest BCUT2D eigenvalue weighted by Crippen LogP contribution is -2.42. The van der Waals surface area contributed by atoms with Crippen LogP contribution in [-0.2, 0) is 4.79 Å². The lowest BCUT2D eigenvalue weighted by Gasteiger charge is -2.31. The minimum atomic E-state index is -0.344. The Kier molecular flexibility index (Phi) is 4.30. The van der Waals surface area contributed by atoms with E-state index in [0.717, 1.165) is 19.4 Å². The van der Waals surface area contributed by atoms with Crippen LogP contribution in [0.25, 0.3) is 0 Å². The van der Waals surface area contributed by atoms with Crippen molar-refractivity contribution >= 4 is 11.7 Å². The van der Waals surface area contributed by atoms with Crippen LogP contribution >= 0.6 is 0 Å². The Morgan fingerprint density at radius 2 is 2.00 bits per heavy atom. The van der Waals surface area contributed by atoms with Crippen molar-refractivity contribution in [2.75, 3.05) is 13.1 Å². The van der Waals surface area contributed by atoms with Crippen molar-refractivity contribution < 1.29 is 14.0 Å². The fourth-order valence-corrected chi connectivity index (χ4v) is 2.49. The highest BCUT2D eigenvalue weighted by Crippen LogP contribution is 2.21. The number of hydrogen-bond donors (Lipinski definition) is 0. The van der Waals surface area contributed by atoms with Crippen molar-refractivity contribution in [3.05, 3.63) is 35.6 Å². The Labute approximate surface area is 112 Å². The first-order chi connectivity index (χ1) is 9.11. The Morgan fingerprint density at radius 1 is 1.32 bits per heavy atom. The summed E-state index contributed by atoms with van der Waals surface area (Å²) >= 11 is 0. The number of carbonyl (C=O) groups excluding carboxylic acids is 2. The van der Waals surface area contributed by atoms with Crippen molar-refractivity contribution in [3.8, 4) is 0 Å². The number of benzene rings is 1. The quantitative estimate of drug-likeness (QED) is 0.786. The molecule has 1 fully saturated rings. The summed E-state index contributed by atoms with van der Waals surface area (Å²) in [6, 6.07) is 5.62. The SMILES string of the molecule is CCC(=O)N1CCCC(C(=O)c2ccc(F)cc2)C1. The number of halogens is 1. The van der Waals surface area contributed by atoms with E-state index < -0.39 is 0 Å². The molecule has 1 amide bonds. The van der Waals surface area contributed by atoms with Gasteiger partial charge in [0, 0.05) is 31.0 Å². The number of nitrogens with zero attached hydrogens (tertiary/aromatic N) is 1. The van der Waals surface area contributed by atoms with Crippen molar-refractivity contribution in [2.24, 2.45) is 5.92 Å². The smallest absolute Gasteiger partial charge is 0.222 e. The molecule has 0 bridgehead atoms. The van der Waals surface area contributed by atoms with E-state index in [-0.39, 0.29) is 23.4 Å². The predicted molar refractivity (Wildman–Crippen MR) is 70.3 cm³/mol. The number of Topliss-reactive ketones (excluding diaryl/α,β-unsaturated/α-hetero) is 1. The number of amides is 1. The molecular weight excluding hydrogens is 245 g/mol. The molecule has 0 spiro atoms. The molecule has 1 aliphatic heterocycles. The molecule has 4 heteroatoms. The minimum absolute atomic E-state index is 0.00797. The predicted octanol–water partition coefficient (Wildman–Crippen LogP) is 2.66. The highest BCUT2D eigenvalue weighted by atomic mass is 19.1. The zero-order valence-electron chi connectivity index (χ0n) is 11.1. The van der Waals surface area contributed by atoms with Crippen molar-refractivity contribution in [1.82, 2.24) is 4.90 Å². The summed E-state index contributed by atoms with van der Waals surface area (Å²) in [5.74, 6) is -0.400. The molecule has 1 aromatic rings. The molecule has 0 radical (unpaired) electrons. The lowest BCUT2D eigenvalue weighted by molar-refractivity contribution is -0.132. The minimum Gasteiger partial charge on any atom is -0.342 e. The van der Waals surface area contributed by atoms with E-state index in [4.69, 9.17) is 0 Å². The highest BCUT2D eigenvalue weighted by molar-refractivity contribution is 5.98. The van der Waals surface area contributed by atoms with Crippen LogP contribution in [0, 0.1) is 11.7 Å². The van der Waals surface area contributed by atoms with Crippen LogP contribution < -0.4 is 0 Å². The second kappa shape index (κ2) is 5.95. The van der Waals surface area contributed by atoms with Gasteiger partial charge in [0.25, 0.3) is 0 Å². The van der Waals surface area contributed by atoms with Crippen molar-refractivity contribution in [3.63, 3.8) is 0 Å². The summed E-state index contributed by atoms with van der Waals surface area (Å²) < 4.78 is 12.8. The van der Waals surface area contributed by atoms with Gasteiger partial charge in [-0.15, -0.1) is 0 Å². The van der Waals surface area contributed by atoms with Gasteiger partial charge < -0.3 is 4.90 Å². The van der Waals surface area contributed by atoms with Crippen LogP contribution in [0.1, 0.15) is 36.5 Å². The van der Waals surface area contributed by atoms with Gasteiger partial charge >= 0.3 is 0 Å². The average Bonchev–Trinajstić information content (AvgIpc) is 2.46. The maximum Gasteiger partial charge on any atom is 0.222 e. The summed E-state index contributed by atoms with van der Waals surface area (Å²) in [7, 11) is 0. The summed E-state index contributed by atoms with van der Waals surface area (Å²) in [6.45, 7) is 3.05. The molecule has 1 aromatic carbocycles. The van der Waals surface area contributed by atoms with Gasteiger partial charge in [-0.05, 0) is 37.1 Å². The first kappa shape index (κ1) is 13.7. The van der Waals surface area contributed by atoms with Crippen molar-refractivity contribution in [2.45, 2.75) is 26.2 Å². The summed E-state index contributed by atoms with van der Waals surface area (Å²) in [4.78, 5) is 25.7. The number of ketones is 1. The molecule has 0 aromatic heterocycles. The number of rotatable bonds is 3. The van der Waals surface area contributed by atoms with Gasteiger partial charge in [-0.25, -0.2) is 4.39 Å². The van der Waals surface area contributed by atoms with E-state index in [1.807, 2.05) is 6.92 Å². The molecule has 0 N–H and O–H groups in total. The average molecular weight is 263 g/mol. The zero-order chi connectivity index (χ0) is 13.8. The maximum absolute atomic E-state index is 12.8. The van der Waals surface area contributed by atoms with Crippen molar-refractivity contribution in [1.29, 1.82) is 0 Å². The van der Waals surface area contributed by atoms with Crippen LogP contribution in [0.3, 0.4) is 0 Å². The normalized spacial score (nSPS) is 19.3. The Balaban J connectivity index is 2.06. The summed E-state index contributed by atoms with van der Waals surface area (Å²) in [5, 5.41) is 0. The van der Waals surface area contributed by atoms with Gasteiger partial charge in [0.2, 0.25) is 5.91 Å². The van der Waals surface area contributed by atoms with E-state index in [2.05, 4.69) is 0 Å². The zero-order valence-corrected chi connectivity index (χ0v) is 11.1. The molecule has 0 aliphatic carbocycles. The van der Waals surface area contributed by atoms with Crippen LogP contribution in [0.2, 0.25) is 0 Å². The molecule has 2 rings (SSSR count). The summed E-state index contributed by atoms with van der Waals surface area (Å²) in [5.41, 5.74) is 0.525. The lowest BCUT2D eigenvalue weighted by atomic mass is 9.90. The fraction of sp³-hybridized carbons (Fsp3) is 0.467. The molecular formula is C15H18FNO2. The molecule has 1 saturated heterocycles. The van der Waals surface area contributed by atoms with Gasteiger partial charge in [0.05, 0.1) is 0 Å². The number of hydrogen-bond acceptors (Lipinski definition) is 2. The van der Waals surface area contributed by atoms with Crippen LogP contribution in [0.15, 0.2) is 24.3 Å². The van der Waals surface area contributed by atoms with Crippen LogP contribution in [0.4, 0.5) is 4.39 Å². The first-order valence-corrected chi connectivity index (χ1v) is 6.69. The third kappa shape index (κ3) is 3.19. The fourth-order valence-electron chi connectivity index (χ4n) is 2.49. The van der Waals surface area contributed by atoms with Crippen LogP contribution in [-0.4, -0.2) is 29.7 Å². The van der Waals surface area contributed by atoms with Crippen LogP contribution in [0.5, 0.6) is 0 Å². The van der Waals surface area contributed by atoms with E-state index in [1.165, 1.54) is 24.3 Å². The maximum atomic E-state index is 12.8. The second-order valence-electron chi connectivity index (χ2n) is 4.90. The molecule has 1 unspecified atom stereocenters. The molecule has 3 nitrogen and oxygen atoms in total. The van der Waals surface area contributed by atoms with E-state index in [9.17, 15) is 14.0 Å². The number of likely N-dealkylation sites (tertiary alicyclic amines) is 1. The van der Waals surface area contributed by atoms with E-state index >= 15 is 0 Å². The first-order valence-electron chi connectivity index (χ1n) is 6.69. The van der Waals surface area contributed by atoms with E-state index in [0.29, 0.717) is 18.5 Å². The highest BCUT2D eigenvalue weighted by Gasteiger charge is 2.28. The molecule has 102 valence electrons. The topological polar surface area (TPSA) is 37.4 Å². The monoisotopic (exact) mass is 263 g/mol. The number of carbonyl (C=O) groups is 2. The number of piperidine rings is 1. The molecule has 1 atom stereocenters. The van der Waals surface area contributed by atoms with E-state index in [1.54, 1.807) is 4.90 Å². The second-order valence-corrected chi connectivity index (χ2v) is 4.90. The largest absolute Gasteiger partial charge is 0.342 e. The van der Waals surface area contributed by atoms with Gasteiger partial charge in [-0.1, -0.05) is 6.92 Å². The third-order valence-corrected chi connectivity index (χ3v) is 3.58. The molecule has 19 heavy (non-hydrogen) atoms. The molecule has 1 heterocycles. The van der Waals surface area contributed by atoms with Gasteiger partial charge in [-0.3, -0.25) is 9.59 Å². The Bertz CT molecular complexity index is 470. The van der Waals surface area contributed by atoms with Gasteiger partial charge in [0.1, 0.15) is 5.82 Å².